The average molecular weight is 171 g/mol. The van der Waals surface area contributed by atoms with E-state index in [0.717, 1.165) is 0 Å². The van der Waals surface area contributed by atoms with E-state index < -0.39 is 0 Å². The Labute approximate surface area is 67.2 Å². The first kappa shape index (κ1) is 7.67. The van der Waals surface area contributed by atoms with Crippen molar-refractivity contribution in [2.45, 2.75) is 0 Å². The molecule has 0 unspecified atom stereocenters. The van der Waals surface area contributed by atoms with E-state index in [-0.39, 0.29) is 17.1 Å². The molecule has 1 aromatic heterocycles. The molecule has 0 amide bonds. The number of H-pyrrole nitrogens is 1. The molecule has 0 bridgehead atoms. The molecule has 0 atom stereocenters. The molecule has 6 heteroatoms. The molecule has 58 valence electrons. The van der Waals surface area contributed by atoms with Crippen LogP contribution in [0.25, 0.3) is 0 Å². The van der Waals surface area contributed by atoms with E-state index in [0.29, 0.717) is 0 Å². The number of aromatic amines is 1. The maximum atomic E-state index is 10.5. The van der Waals surface area contributed by atoms with Gasteiger partial charge in [0.2, 0.25) is 5.88 Å². The quantitative estimate of drug-likeness (QED) is 0.553. The van der Waals surface area contributed by atoms with Crippen molar-refractivity contribution >= 4 is 18.1 Å². The highest BCUT2D eigenvalue weighted by Gasteiger charge is 1.98. The second kappa shape index (κ2) is 3.11. The zero-order valence-electron chi connectivity index (χ0n) is 5.37. The first-order valence-corrected chi connectivity index (χ1v) is 3.11. The first-order valence-electron chi connectivity index (χ1n) is 2.74. The Kier molecular flexibility index (Phi) is 2.17. The lowest BCUT2D eigenvalue weighted by Crippen LogP contribution is -2.03. The van der Waals surface area contributed by atoms with E-state index >= 15 is 0 Å². The molecule has 11 heavy (non-hydrogen) atoms. The Morgan fingerprint density at radius 3 is 2.91 bits per heavy atom. The van der Waals surface area contributed by atoms with Crippen LogP contribution in [0.3, 0.4) is 0 Å². The minimum Gasteiger partial charge on any atom is -0.493 e. The summed E-state index contributed by atoms with van der Waals surface area (Å²) >= 11 is 4.24. The van der Waals surface area contributed by atoms with Gasteiger partial charge in [-0.3, -0.25) is 15.2 Å². The molecule has 0 radical (unpaired) electrons. The van der Waals surface area contributed by atoms with Crippen molar-refractivity contribution in [3.63, 3.8) is 0 Å². The normalized spacial score (nSPS) is 9.09. The van der Waals surface area contributed by atoms with Crippen molar-refractivity contribution in [1.82, 2.24) is 4.98 Å². The van der Waals surface area contributed by atoms with Gasteiger partial charge in [0.1, 0.15) is 5.69 Å². The van der Waals surface area contributed by atoms with E-state index in [1.807, 2.05) is 0 Å². The summed E-state index contributed by atoms with van der Waals surface area (Å²) in [5.41, 5.74) is 2.22. The molecule has 0 saturated carbocycles. The largest absolute Gasteiger partial charge is 0.493 e. The molecule has 0 saturated heterocycles. The van der Waals surface area contributed by atoms with Crippen molar-refractivity contribution < 1.29 is 5.11 Å². The molecule has 0 aliphatic heterocycles. The summed E-state index contributed by atoms with van der Waals surface area (Å²) in [5, 5.41) is 9.00. The Bertz CT molecular complexity index is 322. The minimum absolute atomic E-state index is 0.272. The number of rotatable bonds is 2. The SMILES string of the molecule is O=c1ccc(NN=S)c(O)[nH]1. The van der Waals surface area contributed by atoms with Gasteiger partial charge in [-0.25, -0.2) is 0 Å². The summed E-state index contributed by atoms with van der Waals surface area (Å²) in [4.78, 5) is 12.7. The van der Waals surface area contributed by atoms with Crippen LogP contribution >= 0.6 is 0 Å². The molecule has 5 nitrogen and oxygen atoms in total. The van der Waals surface area contributed by atoms with Crippen LogP contribution in [0.2, 0.25) is 0 Å². The van der Waals surface area contributed by atoms with Gasteiger partial charge in [-0.15, -0.1) is 4.47 Å². The average Bonchev–Trinajstić information content (AvgIpc) is 1.95. The van der Waals surface area contributed by atoms with Crippen LogP contribution in [-0.4, -0.2) is 10.1 Å². The van der Waals surface area contributed by atoms with Gasteiger partial charge in [0.05, 0.1) is 12.4 Å². The van der Waals surface area contributed by atoms with E-state index in [4.69, 9.17) is 5.11 Å². The van der Waals surface area contributed by atoms with Crippen LogP contribution in [0, 0.1) is 0 Å². The van der Waals surface area contributed by atoms with Crippen molar-refractivity contribution in [2.75, 3.05) is 5.43 Å². The molecule has 0 aromatic carbocycles. The molecule has 1 heterocycles. The Hall–Kier alpha value is -1.43. The van der Waals surface area contributed by atoms with Crippen molar-refractivity contribution in [3.05, 3.63) is 22.5 Å². The van der Waals surface area contributed by atoms with Gasteiger partial charge in [0, 0.05) is 6.07 Å². The number of anilines is 1. The van der Waals surface area contributed by atoms with Gasteiger partial charge < -0.3 is 5.11 Å². The smallest absolute Gasteiger partial charge is 0.250 e. The molecule has 0 spiro atoms. The van der Waals surface area contributed by atoms with Gasteiger partial charge in [0.25, 0.3) is 5.56 Å². The maximum absolute atomic E-state index is 10.5. The predicted octanol–water partition coefficient (Wildman–Crippen LogP) is 0.138. The lowest BCUT2D eigenvalue weighted by atomic mass is 10.4. The van der Waals surface area contributed by atoms with Gasteiger partial charge in [-0.1, -0.05) is 0 Å². The summed E-state index contributed by atoms with van der Waals surface area (Å²) in [6.07, 6.45) is 0. The minimum atomic E-state index is -0.377. The third-order valence-corrected chi connectivity index (χ3v) is 1.16. The molecular weight excluding hydrogens is 166 g/mol. The van der Waals surface area contributed by atoms with Crippen LogP contribution in [-0.2, 0) is 12.4 Å². The highest BCUT2D eigenvalue weighted by atomic mass is 32.1. The van der Waals surface area contributed by atoms with Crippen LogP contribution < -0.4 is 11.0 Å². The summed E-state index contributed by atoms with van der Waals surface area (Å²) < 4.78 is 3.15. The standard InChI is InChI=1S/C5H5N3O2S/c9-4-2-1-3(7-8-11)5(10)6-4/h1-2H,(H,7,11)(H2,6,9,10). The van der Waals surface area contributed by atoms with Crippen LogP contribution in [0.15, 0.2) is 21.4 Å². The van der Waals surface area contributed by atoms with E-state index in [1.165, 1.54) is 12.1 Å². The molecule has 0 aliphatic carbocycles. The Morgan fingerprint density at radius 2 is 2.36 bits per heavy atom. The number of hydrogen-bond acceptors (Lipinski definition) is 4. The van der Waals surface area contributed by atoms with E-state index in [1.54, 1.807) is 0 Å². The van der Waals surface area contributed by atoms with Crippen LogP contribution in [0.4, 0.5) is 5.69 Å². The first-order chi connectivity index (χ1) is 5.24. The molecule has 3 N–H and O–H groups in total. The second-order valence-corrected chi connectivity index (χ2v) is 1.97. The number of aromatic hydroxyl groups is 1. The van der Waals surface area contributed by atoms with Gasteiger partial charge in [-0.05, 0) is 6.07 Å². The topological polar surface area (TPSA) is 77.5 Å². The van der Waals surface area contributed by atoms with Crippen LogP contribution in [0.5, 0.6) is 5.88 Å². The summed E-state index contributed by atoms with van der Waals surface area (Å²) in [5.74, 6) is -0.272. The highest BCUT2D eigenvalue weighted by Crippen LogP contribution is 2.15. The third kappa shape index (κ3) is 1.74. The number of hydrogen-bond donors (Lipinski definition) is 3. The fourth-order valence-electron chi connectivity index (χ4n) is 0.603. The number of aromatic nitrogens is 1. The zero-order chi connectivity index (χ0) is 8.27. The fourth-order valence-corrected chi connectivity index (χ4v) is 0.701. The second-order valence-electron chi connectivity index (χ2n) is 1.79. The molecule has 0 fully saturated rings. The van der Waals surface area contributed by atoms with E-state index in [2.05, 4.69) is 27.3 Å². The van der Waals surface area contributed by atoms with Crippen molar-refractivity contribution in [3.8, 4) is 5.88 Å². The maximum Gasteiger partial charge on any atom is 0.250 e. The summed E-state index contributed by atoms with van der Waals surface area (Å²) in [7, 11) is 0. The number of nitrogens with one attached hydrogen (secondary N) is 2. The van der Waals surface area contributed by atoms with Crippen LogP contribution in [0.1, 0.15) is 0 Å². The molecule has 1 aromatic rings. The molecular formula is C5H5N3O2S. The number of pyridine rings is 1. The predicted molar refractivity (Wildman–Crippen MR) is 42.1 cm³/mol. The van der Waals surface area contributed by atoms with Crippen molar-refractivity contribution in [1.29, 1.82) is 0 Å². The third-order valence-electron chi connectivity index (χ3n) is 1.06. The highest BCUT2D eigenvalue weighted by molar-refractivity contribution is 7.47. The lowest BCUT2D eigenvalue weighted by molar-refractivity contribution is 0.454. The fraction of sp³-hybridized carbons (Fsp3) is 0. The molecule has 0 aliphatic rings. The lowest BCUT2D eigenvalue weighted by Gasteiger charge is -1.98. The van der Waals surface area contributed by atoms with E-state index in [9.17, 15) is 4.79 Å². The monoisotopic (exact) mass is 171 g/mol. The molecule has 1 rings (SSSR count). The summed E-state index contributed by atoms with van der Waals surface area (Å²) in [6, 6.07) is 2.63. The van der Waals surface area contributed by atoms with Gasteiger partial charge >= 0.3 is 0 Å². The van der Waals surface area contributed by atoms with Gasteiger partial charge in [0.15, 0.2) is 0 Å². The number of nitrogens with zero attached hydrogens (tertiary/aromatic N) is 1. The van der Waals surface area contributed by atoms with Gasteiger partial charge in [-0.2, -0.15) is 0 Å². The Morgan fingerprint density at radius 1 is 1.64 bits per heavy atom. The zero-order valence-corrected chi connectivity index (χ0v) is 6.18. The van der Waals surface area contributed by atoms with Crippen molar-refractivity contribution in [2.24, 2.45) is 4.47 Å². The summed E-state index contributed by atoms with van der Waals surface area (Å²) in [6.45, 7) is 0. The Balaban J connectivity index is 3.08.